The fraction of sp³-hybridized carbons (Fsp3) is 0.579. The predicted molar refractivity (Wildman–Crippen MR) is 95.6 cm³/mol. The van der Waals surface area contributed by atoms with Crippen molar-refractivity contribution >= 4 is 11.8 Å². The second-order valence-electron chi connectivity index (χ2n) is 6.58. The van der Waals surface area contributed by atoms with Gasteiger partial charge >= 0.3 is 0 Å². The maximum atomic E-state index is 13.1. The Balaban J connectivity index is 1.84. The minimum atomic E-state index is -0.314. The topological polar surface area (TPSA) is 68.3 Å². The quantitative estimate of drug-likeness (QED) is 0.792. The molecule has 2 amide bonds. The lowest BCUT2D eigenvalue weighted by atomic mass is 10.1. The fourth-order valence-corrected chi connectivity index (χ4v) is 3.43. The first-order chi connectivity index (χ1) is 12.5. The zero-order chi connectivity index (χ0) is 18.7. The molecule has 2 aliphatic rings. The van der Waals surface area contributed by atoms with Crippen LogP contribution in [0.4, 0.5) is 0 Å². The molecule has 3 rings (SSSR count). The van der Waals surface area contributed by atoms with Crippen LogP contribution in [0, 0.1) is 5.92 Å². The molecule has 0 spiro atoms. The van der Waals surface area contributed by atoms with Gasteiger partial charge in [-0.1, -0.05) is 0 Å². The molecule has 26 heavy (non-hydrogen) atoms. The molecule has 0 radical (unpaired) electrons. The summed E-state index contributed by atoms with van der Waals surface area (Å²) in [6, 6.07) is 5.12. The molecule has 1 aromatic rings. The Morgan fingerprint density at radius 3 is 2.62 bits per heavy atom. The lowest BCUT2D eigenvalue weighted by Crippen LogP contribution is -2.45. The van der Waals surface area contributed by atoms with E-state index < -0.39 is 0 Å². The highest BCUT2D eigenvalue weighted by molar-refractivity contribution is 5.95. The summed E-state index contributed by atoms with van der Waals surface area (Å²) in [6.07, 6.45) is 0. The molecule has 7 nitrogen and oxygen atoms in total. The number of rotatable bonds is 5. The van der Waals surface area contributed by atoms with Crippen molar-refractivity contribution in [2.75, 3.05) is 46.6 Å². The van der Waals surface area contributed by atoms with Crippen LogP contribution in [0.5, 0.6) is 11.5 Å². The van der Waals surface area contributed by atoms with Crippen LogP contribution in [-0.2, 0) is 9.53 Å². The Morgan fingerprint density at radius 2 is 1.88 bits per heavy atom. The van der Waals surface area contributed by atoms with E-state index in [9.17, 15) is 9.59 Å². The lowest BCUT2D eigenvalue weighted by molar-refractivity contribution is -0.133. The molecule has 2 saturated heterocycles. The van der Waals surface area contributed by atoms with Gasteiger partial charge in [0.2, 0.25) is 5.91 Å². The summed E-state index contributed by atoms with van der Waals surface area (Å²) in [5.74, 6) is 0.817. The predicted octanol–water partition coefficient (Wildman–Crippen LogP) is 1.41. The van der Waals surface area contributed by atoms with Crippen LogP contribution in [0.25, 0.3) is 0 Å². The molecule has 0 unspecified atom stereocenters. The Bertz CT molecular complexity index is 678. The molecule has 7 heteroatoms. The summed E-state index contributed by atoms with van der Waals surface area (Å²) in [5.41, 5.74) is 0.535. The van der Waals surface area contributed by atoms with Gasteiger partial charge < -0.3 is 24.0 Å². The maximum Gasteiger partial charge on any atom is 0.254 e. The van der Waals surface area contributed by atoms with E-state index >= 15 is 0 Å². The second kappa shape index (κ2) is 7.95. The first-order valence-electron chi connectivity index (χ1n) is 9.08. The summed E-state index contributed by atoms with van der Waals surface area (Å²) in [6.45, 7) is 6.46. The van der Waals surface area contributed by atoms with Gasteiger partial charge in [-0.2, -0.15) is 0 Å². The number of likely N-dealkylation sites (N-methyl/N-ethyl adjacent to an activating group) is 1. The normalized spacial score (nSPS) is 22.8. The average Bonchev–Trinajstić information content (AvgIpc) is 2.81. The molecule has 0 N–H and O–H groups in total. The molecule has 2 fully saturated rings. The number of carbonyl (C=O) groups is 2. The number of benzene rings is 1. The Labute approximate surface area is 153 Å². The largest absolute Gasteiger partial charge is 0.490 e. The van der Waals surface area contributed by atoms with Crippen molar-refractivity contribution in [3.05, 3.63) is 23.8 Å². The van der Waals surface area contributed by atoms with Gasteiger partial charge in [0, 0.05) is 25.7 Å². The highest BCUT2D eigenvalue weighted by Gasteiger charge is 2.39. The number of amides is 2. The highest BCUT2D eigenvalue weighted by atomic mass is 16.5. The van der Waals surface area contributed by atoms with E-state index in [1.54, 1.807) is 35.0 Å². The molecule has 2 atom stereocenters. The third-order valence-corrected chi connectivity index (χ3v) is 4.82. The van der Waals surface area contributed by atoms with Gasteiger partial charge in [-0.15, -0.1) is 0 Å². The average molecular weight is 362 g/mol. The molecule has 2 heterocycles. The minimum Gasteiger partial charge on any atom is -0.490 e. The number of hydrogen-bond acceptors (Lipinski definition) is 5. The summed E-state index contributed by atoms with van der Waals surface area (Å²) in [5, 5.41) is 0. The van der Waals surface area contributed by atoms with Gasteiger partial charge in [-0.3, -0.25) is 9.59 Å². The van der Waals surface area contributed by atoms with Crippen LogP contribution < -0.4 is 9.47 Å². The van der Waals surface area contributed by atoms with E-state index in [0.717, 1.165) is 0 Å². The number of carbonyl (C=O) groups excluding carboxylic acids is 2. The van der Waals surface area contributed by atoms with E-state index in [0.29, 0.717) is 56.6 Å². The van der Waals surface area contributed by atoms with Crippen LogP contribution in [-0.4, -0.2) is 74.2 Å². The Hall–Kier alpha value is -2.28. The molecular weight excluding hydrogens is 336 g/mol. The fourth-order valence-electron chi connectivity index (χ4n) is 3.43. The molecule has 2 aliphatic heterocycles. The monoisotopic (exact) mass is 362 g/mol. The first kappa shape index (κ1) is 18.5. The summed E-state index contributed by atoms with van der Waals surface area (Å²) in [7, 11) is 1.78. The van der Waals surface area contributed by atoms with Crippen molar-refractivity contribution in [3.63, 3.8) is 0 Å². The van der Waals surface area contributed by atoms with Crippen molar-refractivity contribution in [2.45, 2.75) is 19.9 Å². The van der Waals surface area contributed by atoms with Crippen LogP contribution in [0.15, 0.2) is 18.2 Å². The van der Waals surface area contributed by atoms with Gasteiger partial charge in [-0.05, 0) is 32.0 Å². The maximum absolute atomic E-state index is 13.1. The van der Waals surface area contributed by atoms with Gasteiger partial charge in [0.1, 0.15) is 0 Å². The number of ether oxygens (including phenoxy) is 3. The molecular formula is C19H26N2O5. The molecule has 0 saturated carbocycles. The number of nitrogens with zero attached hydrogens (tertiary/aromatic N) is 2. The zero-order valence-corrected chi connectivity index (χ0v) is 15.6. The highest BCUT2D eigenvalue weighted by Crippen LogP contribution is 2.30. The summed E-state index contributed by atoms with van der Waals surface area (Å²) >= 11 is 0. The molecule has 142 valence electrons. The standard InChI is InChI=1S/C19H26N2O5/c1-4-25-16-7-6-13(8-17(16)26-5-2)19(23)21-9-14-11-24-12-15(10-21)20(3)18(14)22/h6-8,14-15H,4-5,9-12H2,1-3H3/t14-,15+/m1/s1. The lowest BCUT2D eigenvalue weighted by Gasteiger charge is -2.29. The van der Waals surface area contributed by atoms with Crippen LogP contribution in [0.2, 0.25) is 0 Å². The van der Waals surface area contributed by atoms with E-state index in [2.05, 4.69) is 0 Å². The van der Waals surface area contributed by atoms with Crippen LogP contribution in [0.3, 0.4) is 0 Å². The Kier molecular flexibility index (Phi) is 5.66. The minimum absolute atomic E-state index is 0.0458. The second-order valence-corrected chi connectivity index (χ2v) is 6.58. The number of hydrogen-bond donors (Lipinski definition) is 0. The molecule has 0 aliphatic carbocycles. The van der Waals surface area contributed by atoms with Crippen molar-refractivity contribution in [1.82, 2.24) is 9.80 Å². The van der Waals surface area contributed by atoms with Crippen molar-refractivity contribution in [2.24, 2.45) is 5.92 Å². The van der Waals surface area contributed by atoms with E-state index in [1.165, 1.54) is 0 Å². The van der Waals surface area contributed by atoms with Crippen molar-refractivity contribution in [3.8, 4) is 11.5 Å². The number of fused-ring (bicyclic) bond motifs is 3. The van der Waals surface area contributed by atoms with Crippen molar-refractivity contribution < 1.29 is 23.8 Å². The van der Waals surface area contributed by atoms with E-state index in [4.69, 9.17) is 14.2 Å². The van der Waals surface area contributed by atoms with Crippen molar-refractivity contribution in [1.29, 1.82) is 0 Å². The summed E-state index contributed by atoms with van der Waals surface area (Å²) in [4.78, 5) is 29.0. The van der Waals surface area contributed by atoms with Crippen LogP contribution >= 0.6 is 0 Å². The van der Waals surface area contributed by atoms with Gasteiger partial charge in [0.25, 0.3) is 5.91 Å². The smallest absolute Gasteiger partial charge is 0.254 e. The van der Waals surface area contributed by atoms with Gasteiger partial charge in [0.05, 0.1) is 38.4 Å². The Morgan fingerprint density at radius 1 is 1.15 bits per heavy atom. The summed E-state index contributed by atoms with van der Waals surface area (Å²) < 4.78 is 16.8. The molecule has 0 aromatic heterocycles. The third-order valence-electron chi connectivity index (χ3n) is 4.82. The van der Waals surface area contributed by atoms with Gasteiger partial charge in [-0.25, -0.2) is 0 Å². The van der Waals surface area contributed by atoms with E-state index in [-0.39, 0.29) is 23.8 Å². The van der Waals surface area contributed by atoms with E-state index in [1.807, 2.05) is 13.8 Å². The third kappa shape index (κ3) is 3.62. The zero-order valence-electron chi connectivity index (χ0n) is 15.6. The SMILES string of the molecule is CCOc1ccc(C(=O)N2C[C@@H]3COC[C@H](C2)N(C)C3=O)cc1OCC. The first-order valence-corrected chi connectivity index (χ1v) is 9.08. The molecule has 2 bridgehead atoms. The van der Waals surface area contributed by atoms with Crippen LogP contribution in [0.1, 0.15) is 24.2 Å². The molecule has 1 aromatic carbocycles. The van der Waals surface area contributed by atoms with Gasteiger partial charge in [0.15, 0.2) is 11.5 Å².